The highest BCUT2D eigenvalue weighted by atomic mass is 31.2. The molecule has 0 heterocycles. The number of esters is 1. The lowest BCUT2D eigenvalue weighted by molar-refractivity contribution is -0.870. The molecule has 0 aliphatic rings. The lowest BCUT2D eigenvalue weighted by Gasteiger charge is -2.28. The van der Waals surface area contributed by atoms with Gasteiger partial charge in [0.2, 0.25) is 0 Å². The fourth-order valence-corrected chi connectivity index (χ4v) is 7.58. The topological polar surface area (TPSA) is 94.1 Å². The Labute approximate surface area is 365 Å². The highest BCUT2D eigenvalue weighted by molar-refractivity contribution is 7.45. The molecule has 0 aromatic rings. The number of phosphoric ester groups is 1. The molecule has 348 valence electrons. The van der Waals surface area contributed by atoms with E-state index in [-0.39, 0.29) is 25.8 Å². The molecule has 0 aromatic carbocycles. The molecular weight excluding hydrogens is 758 g/mol. The molecule has 0 aliphatic heterocycles. The number of carbonyl (C=O) groups excluding carboxylic acids is 1. The molecule has 9 heteroatoms. The van der Waals surface area contributed by atoms with Crippen molar-refractivity contribution in [3.8, 4) is 0 Å². The molecule has 0 saturated carbocycles. The summed E-state index contributed by atoms with van der Waals surface area (Å²) >= 11 is 0. The number of ether oxygens (including phenoxy) is 2. The summed E-state index contributed by atoms with van der Waals surface area (Å²) in [7, 11) is 1.35. The molecule has 0 bridgehead atoms. The van der Waals surface area contributed by atoms with Crippen molar-refractivity contribution >= 4 is 13.8 Å². The Balaban J connectivity index is 4.19. The van der Waals surface area contributed by atoms with Crippen LogP contribution in [0.2, 0.25) is 0 Å². The first kappa shape index (κ1) is 57.7. The summed E-state index contributed by atoms with van der Waals surface area (Å²) in [6, 6.07) is 0. The van der Waals surface area contributed by atoms with E-state index in [0.717, 1.165) is 57.8 Å². The fourth-order valence-electron chi connectivity index (χ4n) is 6.85. The number of phosphoric acid groups is 1. The zero-order chi connectivity index (χ0) is 43.4. The summed E-state index contributed by atoms with van der Waals surface area (Å²) in [6.07, 6.45) is 51.6. The summed E-state index contributed by atoms with van der Waals surface area (Å²) in [4.78, 5) is 25.1. The van der Waals surface area contributed by atoms with Crippen LogP contribution >= 0.6 is 7.82 Å². The third kappa shape index (κ3) is 47.6. The van der Waals surface area contributed by atoms with Gasteiger partial charge < -0.3 is 27.9 Å². The van der Waals surface area contributed by atoms with E-state index >= 15 is 0 Å². The van der Waals surface area contributed by atoms with Gasteiger partial charge in [0, 0.05) is 13.0 Å². The van der Waals surface area contributed by atoms with E-state index in [4.69, 9.17) is 18.5 Å². The Morgan fingerprint density at radius 3 is 1.39 bits per heavy atom. The van der Waals surface area contributed by atoms with Gasteiger partial charge in [-0.25, -0.2) is 0 Å². The van der Waals surface area contributed by atoms with Gasteiger partial charge in [-0.3, -0.25) is 9.36 Å². The van der Waals surface area contributed by atoms with E-state index < -0.39 is 13.9 Å². The number of nitrogens with zero attached hydrogens (tertiary/aromatic N) is 1. The third-order valence-electron chi connectivity index (χ3n) is 10.7. The lowest BCUT2D eigenvalue weighted by atomic mass is 10.0. The Morgan fingerprint density at radius 1 is 0.525 bits per heavy atom. The first-order valence-corrected chi connectivity index (χ1v) is 26.2. The number of rotatable bonds is 46. The standard InChI is InChI=1S/C50H96NO7P/c1-6-8-10-12-14-16-18-20-22-24-25-26-27-28-29-31-33-35-37-39-41-43-50(52)58-49(48-57-59(53,54)56-46-44-51(3,4)5)47-55-45-42-40-38-36-34-32-30-23-21-19-17-15-13-11-9-7-2/h18,20,24-25,27-28,49H,6-17,19,21-23,26,29-48H2,1-5H3/b20-18-,25-24-,28-27-. The molecule has 0 amide bonds. The summed E-state index contributed by atoms with van der Waals surface area (Å²) in [5, 5.41) is 0. The lowest BCUT2D eigenvalue weighted by Crippen LogP contribution is -2.37. The Bertz CT molecular complexity index is 1040. The molecule has 0 aromatic heterocycles. The summed E-state index contributed by atoms with van der Waals surface area (Å²) < 4.78 is 34.7. The van der Waals surface area contributed by atoms with E-state index in [0.29, 0.717) is 24.1 Å². The maximum absolute atomic E-state index is 12.7. The Morgan fingerprint density at radius 2 is 0.932 bits per heavy atom. The number of hydrogen-bond donors (Lipinski definition) is 0. The molecule has 2 atom stereocenters. The second-order valence-electron chi connectivity index (χ2n) is 17.8. The fraction of sp³-hybridized carbons (Fsp3) is 0.860. The van der Waals surface area contributed by atoms with Gasteiger partial charge in [0.05, 0.1) is 34.4 Å². The molecule has 0 radical (unpaired) electrons. The van der Waals surface area contributed by atoms with Gasteiger partial charge in [-0.15, -0.1) is 0 Å². The highest BCUT2D eigenvalue weighted by Gasteiger charge is 2.20. The van der Waals surface area contributed by atoms with Gasteiger partial charge >= 0.3 is 5.97 Å². The smallest absolute Gasteiger partial charge is 0.306 e. The second kappa shape index (κ2) is 43.4. The monoisotopic (exact) mass is 854 g/mol. The quantitative estimate of drug-likeness (QED) is 0.0198. The van der Waals surface area contributed by atoms with Gasteiger partial charge in [0.1, 0.15) is 19.3 Å². The molecule has 0 saturated heterocycles. The molecule has 0 rings (SSSR count). The van der Waals surface area contributed by atoms with E-state index in [1.54, 1.807) is 0 Å². The number of allylic oxidation sites excluding steroid dienone is 6. The molecule has 0 aliphatic carbocycles. The van der Waals surface area contributed by atoms with Gasteiger partial charge in [-0.05, 0) is 51.4 Å². The molecule has 0 fully saturated rings. The van der Waals surface area contributed by atoms with Crippen LogP contribution in [0, 0.1) is 0 Å². The summed E-state index contributed by atoms with van der Waals surface area (Å²) in [6.45, 7) is 5.42. The van der Waals surface area contributed by atoms with Crippen molar-refractivity contribution in [1.29, 1.82) is 0 Å². The highest BCUT2D eigenvalue weighted by Crippen LogP contribution is 2.38. The van der Waals surface area contributed by atoms with Crippen molar-refractivity contribution in [2.45, 2.75) is 225 Å². The SMILES string of the molecule is CCCCCCC/C=C\C/C=C\C/C=C\CCCCCCCCC(=O)OC(COCCCCCCCCCCCCCCCCCC)COP(=O)([O-])OCC[N+](C)(C)C. The second-order valence-corrected chi connectivity index (χ2v) is 19.2. The maximum atomic E-state index is 12.7. The number of quaternary nitrogens is 1. The number of carbonyl (C=O) groups is 1. The Hall–Kier alpha value is -1.28. The van der Waals surface area contributed by atoms with E-state index in [9.17, 15) is 14.3 Å². The molecule has 0 spiro atoms. The predicted octanol–water partition coefficient (Wildman–Crippen LogP) is 14.3. The maximum Gasteiger partial charge on any atom is 0.306 e. The Kier molecular flexibility index (Phi) is 42.4. The average Bonchev–Trinajstić information content (AvgIpc) is 3.19. The van der Waals surface area contributed by atoms with Crippen LogP contribution in [-0.4, -0.2) is 70.7 Å². The average molecular weight is 854 g/mol. The zero-order valence-electron chi connectivity index (χ0n) is 39.5. The van der Waals surface area contributed by atoms with Crippen molar-refractivity contribution in [3.05, 3.63) is 36.5 Å². The largest absolute Gasteiger partial charge is 0.756 e. The first-order valence-electron chi connectivity index (χ1n) is 24.7. The molecule has 8 nitrogen and oxygen atoms in total. The summed E-state index contributed by atoms with van der Waals surface area (Å²) in [5.41, 5.74) is 0. The minimum atomic E-state index is -4.53. The van der Waals surface area contributed by atoms with Crippen LogP contribution in [0.1, 0.15) is 219 Å². The van der Waals surface area contributed by atoms with Gasteiger partial charge in [-0.1, -0.05) is 198 Å². The zero-order valence-corrected chi connectivity index (χ0v) is 40.4. The molecule has 0 N–H and O–H groups in total. The summed E-state index contributed by atoms with van der Waals surface area (Å²) in [5.74, 6) is -0.343. The third-order valence-corrected chi connectivity index (χ3v) is 11.7. The number of hydrogen-bond acceptors (Lipinski definition) is 7. The van der Waals surface area contributed by atoms with Crippen LogP contribution in [0.15, 0.2) is 36.5 Å². The van der Waals surface area contributed by atoms with Crippen molar-refractivity contribution in [2.24, 2.45) is 0 Å². The minimum Gasteiger partial charge on any atom is -0.756 e. The minimum absolute atomic E-state index is 0.0242. The van der Waals surface area contributed by atoms with Gasteiger partial charge in [0.15, 0.2) is 0 Å². The van der Waals surface area contributed by atoms with E-state index in [1.807, 2.05) is 21.1 Å². The van der Waals surface area contributed by atoms with Crippen molar-refractivity contribution < 1.29 is 37.3 Å². The van der Waals surface area contributed by atoms with Gasteiger partial charge in [-0.2, -0.15) is 0 Å². The van der Waals surface area contributed by atoms with E-state index in [2.05, 4.69) is 50.3 Å². The van der Waals surface area contributed by atoms with Crippen molar-refractivity contribution in [1.82, 2.24) is 0 Å². The molecular formula is C50H96NO7P. The molecule has 59 heavy (non-hydrogen) atoms. The predicted molar refractivity (Wildman–Crippen MR) is 250 cm³/mol. The van der Waals surface area contributed by atoms with E-state index in [1.165, 1.54) is 141 Å². The van der Waals surface area contributed by atoms with Gasteiger partial charge in [0.25, 0.3) is 7.82 Å². The van der Waals surface area contributed by atoms with Crippen LogP contribution in [0.5, 0.6) is 0 Å². The van der Waals surface area contributed by atoms with Crippen molar-refractivity contribution in [2.75, 3.05) is 54.1 Å². The van der Waals surface area contributed by atoms with Crippen LogP contribution in [-0.2, 0) is 27.9 Å². The first-order chi connectivity index (χ1) is 28.6. The normalized spacial score (nSPS) is 13.9. The van der Waals surface area contributed by atoms with Crippen LogP contribution in [0.3, 0.4) is 0 Å². The van der Waals surface area contributed by atoms with Crippen molar-refractivity contribution in [3.63, 3.8) is 0 Å². The molecule has 2 unspecified atom stereocenters. The number of likely N-dealkylation sites (N-methyl/N-ethyl adjacent to an activating group) is 1. The van der Waals surface area contributed by atoms with Crippen LogP contribution < -0.4 is 4.89 Å². The van der Waals surface area contributed by atoms with Crippen LogP contribution in [0.4, 0.5) is 0 Å². The number of unbranched alkanes of at least 4 members (excludes halogenated alkanes) is 26. The van der Waals surface area contributed by atoms with Crippen LogP contribution in [0.25, 0.3) is 0 Å².